The monoisotopic (exact) mass is 363 g/mol. The molecule has 136 valence electrons. The second-order valence-corrected chi connectivity index (χ2v) is 6.42. The molecule has 4 rings (SSSR count). The molecule has 0 spiro atoms. The van der Waals surface area contributed by atoms with Gasteiger partial charge in [0, 0.05) is 30.4 Å². The minimum absolute atomic E-state index is 0.113. The van der Waals surface area contributed by atoms with Gasteiger partial charge in [-0.15, -0.1) is 0 Å². The molecule has 2 aromatic rings. The highest BCUT2D eigenvalue weighted by atomic mass is 16.6. The summed E-state index contributed by atoms with van der Waals surface area (Å²) < 4.78 is 11.1. The van der Waals surface area contributed by atoms with E-state index in [4.69, 9.17) is 14.7 Å². The first kappa shape index (κ1) is 16.9. The van der Waals surface area contributed by atoms with Crippen LogP contribution in [0.2, 0.25) is 0 Å². The van der Waals surface area contributed by atoms with Crippen LogP contribution >= 0.6 is 0 Å². The molecule has 2 aliphatic rings. The van der Waals surface area contributed by atoms with Crippen molar-refractivity contribution < 1.29 is 19.1 Å². The van der Waals surface area contributed by atoms with Gasteiger partial charge in [-0.25, -0.2) is 0 Å². The van der Waals surface area contributed by atoms with Crippen molar-refractivity contribution in [3.05, 3.63) is 48.0 Å². The Morgan fingerprint density at radius 1 is 1.15 bits per heavy atom. The van der Waals surface area contributed by atoms with E-state index in [-0.39, 0.29) is 18.2 Å². The predicted octanol–water partition coefficient (Wildman–Crippen LogP) is 2.32. The Morgan fingerprint density at radius 3 is 2.78 bits per heavy atom. The molecular weight excluding hydrogens is 346 g/mol. The van der Waals surface area contributed by atoms with Gasteiger partial charge in [-0.2, -0.15) is 5.26 Å². The molecule has 0 aromatic heterocycles. The maximum absolute atomic E-state index is 12.6. The SMILES string of the molecule is N#Cc1cccc(NC(=O)[C@H]2CC(=O)N(c3ccc4c(c3)OCCO4)C2)c1. The second-order valence-electron chi connectivity index (χ2n) is 6.42. The number of hydrogen-bond acceptors (Lipinski definition) is 5. The van der Waals surface area contributed by atoms with Crippen LogP contribution in [0.4, 0.5) is 11.4 Å². The number of anilines is 2. The zero-order chi connectivity index (χ0) is 18.8. The summed E-state index contributed by atoms with van der Waals surface area (Å²) in [5.74, 6) is 0.448. The number of amides is 2. The van der Waals surface area contributed by atoms with Crippen molar-refractivity contribution in [1.82, 2.24) is 0 Å². The lowest BCUT2D eigenvalue weighted by Gasteiger charge is -2.22. The number of rotatable bonds is 3. The fourth-order valence-corrected chi connectivity index (χ4v) is 3.24. The first-order valence-corrected chi connectivity index (χ1v) is 8.65. The number of nitrogens with one attached hydrogen (secondary N) is 1. The molecule has 0 aliphatic carbocycles. The molecular formula is C20H17N3O4. The highest BCUT2D eigenvalue weighted by Gasteiger charge is 2.35. The summed E-state index contributed by atoms with van der Waals surface area (Å²) in [5, 5.41) is 11.7. The number of carbonyl (C=O) groups excluding carboxylic acids is 2. The molecule has 7 nitrogen and oxygen atoms in total. The van der Waals surface area contributed by atoms with Gasteiger partial charge in [0.15, 0.2) is 11.5 Å². The average Bonchev–Trinajstić information content (AvgIpc) is 3.09. The van der Waals surface area contributed by atoms with Gasteiger partial charge < -0.3 is 19.7 Å². The topological polar surface area (TPSA) is 91.7 Å². The minimum Gasteiger partial charge on any atom is -0.486 e. The molecule has 2 aromatic carbocycles. The van der Waals surface area contributed by atoms with E-state index in [9.17, 15) is 9.59 Å². The summed E-state index contributed by atoms with van der Waals surface area (Å²) in [5.41, 5.74) is 1.70. The third kappa shape index (κ3) is 3.42. The number of nitriles is 1. The molecule has 0 radical (unpaired) electrons. The number of hydrogen-bond donors (Lipinski definition) is 1. The van der Waals surface area contributed by atoms with Crippen molar-refractivity contribution in [3.63, 3.8) is 0 Å². The van der Waals surface area contributed by atoms with Crippen LogP contribution in [0.1, 0.15) is 12.0 Å². The van der Waals surface area contributed by atoms with Crippen molar-refractivity contribution in [2.24, 2.45) is 5.92 Å². The fourth-order valence-electron chi connectivity index (χ4n) is 3.24. The summed E-state index contributed by atoms with van der Waals surface area (Å²) in [4.78, 5) is 26.6. The fraction of sp³-hybridized carbons (Fsp3) is 0.250. The van der Waals surface area contributed by atoms with Gasteiger partial charge in [-0.1, -0.05) is 6.07 Å². The molecule has 7 heteroatoms. The summed E-state index contributed by atoms with van der Waals surface area (Å²) in [6.45, 7) is 1.27. The van der Waals surface area contributed by atoms with Gasteiger partial charge in [0.05, 0.1) is 17.6 Å². The lowest BCUT2D eigenvalue weighted by Crippen LogP contribution is -2.28. The lowest BCUT2D eigenvalue weighted by molar-refractivity contribution is -0.122. The van der Waals surface area contributed by atoms with E-state index in [2.05, 4.69) is 5.32 Å². The Kier molecular flexibility index (Phi) is 4.38. The van der Waals surface area contributed by atoms with Crippen LogP contribution in [0.25, 0.3) is 0 Å². The zero-order valence-corrected chi connectivity index (χ0v) is 14.5. The number of nitrogens with zero attached hydrogens (tertiary/aromatic N) is 2. The molecule has 1 fully saturated rings. The van der Waals surface area contributed by atoms with Crippen LogP contribution in [0.3, 0.4) is 0 Å². The largest absolute Gasteiger partial charge is 0.486 e. The maximum atomic E-state index is 12.6. The molecule has 2 amide bonds. The van der Waals surface area contributed by atoms with Crippen molar-refractivity contribution >= 4 is 23.2 Å². The molecule has 1 atom stereocenters. The normalized spacial score (nSPS) is 18.1. The van der Waals surface area contributed by atoms with E-state index >= 15 is 0 Å². The smallest absolute Gasteiger partial charge is 0.229 e. The Hall–Kier alpha value is -3.53. The number of carbonyl (C=O) groups is 2. The summed E-state index contributed by atoms with van der Waals surface area (Å²) in [6, 6.07) is 14.1. The van der Waals surface area contributed by atoms with Crippen molar-refractivity contribution in [1.29, 1.82) is 5.26 Å². The van der Waals surface area contributed by atoms with E-state index in [1.54, 1.807) is 47.4 Å². The number of benzene rings is 2. The Bertz CT molecular complexity index is 950. The van der Waals surface area contributed by atoms with Crippen molar-refractivity contribution in [2.75, 3.05) is 30.0 Å². The molecule has 0 saturated carbocycles. The van der Waals surface area contributed by atoms with E-state index in [0.29, 0.717) is 48.2 Å². The highest BCUT2D eigenvalue weighted by molar-refractivity contribution is 6.03. The molecule has 0 unspecified atom stereocenters. The van der Waals surface area contributed by atoms with E-state index in [1.807, 2.05) is 6.07 Å². The average molecular weight is 363 g/mol. The molecule has 2 heterocycles. The third-order valence-electron chi connectivity index (χ3n) is 4.59. The Labute approximate surface area is 156 Å². The predicted molar refractivity (Wildman–Crippen MR) is 97.7 cm³/mol. The summed E-state index contributed by atoms with van der Waals surface area (Å²) in [6.07, 6.45) is 0.137. The molecule has 2 aliphatic heterocycles. The molecule has 1 saturated heterocycles. The Morgan fingerprint density at radius 2 is 1.96 bits per heavy atom. The van der Waals surface area contributed by atoms with Crippen molar-refractivity contribution in [2.45, 2.75) is 6.42 Å². The van der Waals surface area contributed by atoms with Crippen LogP contribution < -0.4 is 19.7 Å². The maximum Gasteiger partial charge on any atom is 0.229 e. The van der Waals surface area contributed by atoms with Crippen LogP contribution in [0.5, 0.6) is 11.5 Å². The van der Waals surface area contributed by atoms with Gasteiger partial charge in [0.2, 0.25) is 11.8 Å². The standard InChI is InChI=1S/C20H17N3O4/c21-11-13-2-1-3-15(8-13)22-20(25)14-9-19(24)23(12-14)16-4-5-17-18(10-16)27-7-6-26-17/h1-5,8,10,14H,6-7,9,12H2,(H,22,25)/t14-/m0/s1. The first-order chi connectivity index (χ1) is 13.1. The van der Waals surface area contributed by atoms with E-state index in [0.717, 1.165) is 0 Å². The highest BCUT2D eigenvalue weighted by Crippen LogP contribution is 2.36. The van der Waals surface area contributed by atoms with Gasteiger partial charge in [-0.05, 0) is 30.3 Å². The van der Waals surface area contributed by atoms with Crippen LogP contribution in [0, 0.1) is 17.2 Å². The zero-order valence-electron chi connectivity index (χ0n) is 14.5. The van der Waals surface area contributed by atoms with Gasteiger partial charge in [-0.3, -0.25) is 9.59 Å². The van der Waals surface area contributed by atoms with Crippen LogP contribution in [-0.2, 0) is 9.59 Å². The lowest BCUT2D eigenvalue weighted by atomic mass is 10.1. The van der Waals surface area contributed by atoms with Gasteiger partial charge >= 0.3 is 0 Å². The minimum atomic E-state index is -0.462. The quantitative estimate of drug-likeness (QED) is 0.904. The van der Waals surface area contributed by atoms with Crippen LogP contribution in [-0.4, -0.2) is 31.6 Å². The number of ether oxygens (including phenoxy) is 2. The van der Waals surface area contributed by atoms with Crippen molar-refractivity contribution in [3.8, 4) is 17.6 Å². The van der Waals surface area contributed by atoms with E-state index < -0.39 is 5.92 Å². The van der Waals surface area contributed by atoms with Crippen LogP contribution in [0.15, 0.2) is 42.5 Å². The van der Waals surface area contributed by atoms with Gasteiger partial charge in [0.1, 0.15) is 13.2 Å². The molecule has 27 heavy (non-hydrogen) atoms. The number of fused-ring (bicyclic) bond motifs is 1. The van der Waals surface area contributed by atoms with Gasteiger partial charge in [0.25, 0.3) is 0 Å². The second kappa shape index (κ2) is 7.00. The summed E-state index contributed by atoms with van der Waals surface area (Å²) >= 11 is 0. The molecule has 1 N–H and O–H groups in total. The first-order valence-electron chi connectivity index (χ1n) is 8.65. The molecule has 0 bridgehead atoms. The third-order valence-corrected chi connectivity index (χ3v) is 4.59. The van der Waals surface area contributed by atoms with E-state index in [1.165, 1.54) is 0 Å². The summed E-state index contributed by atoms with van der Waals surface area (Å²) in [7, 11) is 0. The Balaban J connectivity index is 1.47.